The van der Waals surface area contributed by atoms with Crippen molar-refractivity contribution >= 4 is 28.7 Å². The molecule has 0 bridgehead atoms. The van der Waals surface area contributed by atoms with Crippen molar-refractivity contribution in [1.29, 1.82) is 0 Å². The average molecular weight is 233 g/mol. The molecular weight excluding hydrogens is 222 g/mol. The van der Waals surface area contributed by atoms with Crippen LogP contribution in [0.15, 0.2) is 47.4 Å². The predicted octanol–water partition coefficient (Wildman–Crippen LogP) is 2.52. The van der Waals surface area contributed by atoms with Crippen LogP contribution in [-0.4, -0.2) is 17.6 Å². The first kappa shape index (κ1) is 11.0. The van der Waals surface area contributed by atoms with Crippen molar-refractivity contribution < 1.29 is 9.90 Å². The highest BCUT2D eigenvalue weighted by molar-refractivity contribution is 7.97. The van der Waals surface area contributed by atoms with Gasteiger partial charge in [0.25, 0.3) is 0 Å². The van der Waals surface area contributed by atoms with Gasteiger partial charge in [-0.15, -0.1) is 0 Å². The van der Waals surface area contributed by atoms with Crippen LogP contribution < -0.4 is 4.72 Å². The summed E-state index contributed by atoms with van der Waals surface area (Å²) in [4.78, 5) is 11.3. The Morgan fingerprint density at radius 1 is 1.19 bits per heavy atom. The van der Waals surface area contributed by atoms with Crippen molar-refractivity contribution in [3.05, 3.63) is 42.5 Å². The molecule has 2 aromatic rings. The first-order valence-corrected chi connectivity index (χ1v) is 5.67. The van der Waals surface area contributed by atoms with E-state index in [9.17, 15) is 4.79 Å². The quantitative estimate of drug-likeness (QED) is 0.797. The first-order valence-electron chi connectivity index (χ1n) is 4.86. The van der Waals surface area contributed by atoms with Crippen molar-refractivity contribution in [2.75, 3.05) is 6.54 Å². The van der Waals surface area contributed by atoms with Crippen LogP contribution in [0.3, 0.4) is 0 Å². The van der Waals surface area contributed by atoms with Crippen LogP contribution in [0, 0.1) is 0 Å². The number of fused-ring (bicyclic) bond motifs is 1. The van der Waals surface area contributed by atoms with Crippen molar-refractivity contribution in [2.24, 2.45) is 0 Å². The van der Waals surface area contributed by atoms with E-state index in [4.69, 9.17) is 5.11 Å². The third-order valence-electron chi connectivity index (χ3n) is 2.13. The largest absolute Gasteiger partial charge is 0.480 e. The van der Waals surface area contributed by atoms with E-state index in [-0.39, 0.29) is 6.54 Å². The van der Waals surface area contributed by atoms with E-state index in [1.54, 1.807) is 0 Å². The molecule has 3 nitrogen and oxygen atoms in total. The predicted molar refractivity (Wildman–Crippen MR) is 65.4 cm³/mol. The fourth-order valence-electron chi connectivity index (χ4n) is 1.41. The molecule has 0 unspecified atom stereocenters. The first-order chi connectivity index (χ1) is 7.75. The van der Waals surface area contributed by atoms with Crippen molar-refractivity contribution in [1.82, 2.24) is 4.72 Å². The number of carboxylic acids is 1. The number of hydrogen-bond donors (Lipinski definition) is 2. The van der Waals surface area contributed by atoms with Crippen LogP contribution in [0.25, 0.3) is 10.8 Å². The zero-order valence-electron chi connectivity index (χ0n) is 8.51. The number of hydrogen-bond acceptors (Lipinski definition) is 3. The zero-order valence-corrected chi connectivity index (χ0v) is 9.33. The summed E-state index contributed by atoms with van der Waals surface area (Å²) in [6.45, 7) is -0.0442. The molecule has 0 amide bonds. The topological polar surface area (TPSA) is 49.3 Å². The van der Waals surface area contributed by atoms with E-state index in [2.05, 4.69) is 10.8 Å². The molecule has 0 atom stereocenters. The maximum Gasteiger partial charge on any atom is 0.318 e. The molecule has 16 heavy (non-hydrogen) atoms. The molecule has 0 spiro atoms. The maximum absolute atomic E-state index is 10.3. The van der Waals surface area contributed by atoms with Crippen LogP contribution in [0.4, 0.5) is 0 Å². The van der Waals surface area contributed by atoms with Gasteiger partial charge < -0.3 is 5.11 Å². The molecule has 0 aliphatic carbocycles. The maximum atomic E-state index is 10.3. The van der Waals surface area contributed by atoms with Crippen LogP contribution in [0.5, 0.6) is 0 Å². The standard InChI is InChI=1S/C12H11NO2S/c14-12(15)8-13-16-11-6-5-9-3-1-2-4-10(9)7-11/h1-7,13H,8H2,(H,14,15). The van der Waals surface area contributed by atoms with Crippen LogP contribution in [0.2, 0.25) is 0 Å². The van der Waals surface area contributed by atoms with Gasteiger partial charge in [-0.2, -0.15) is 0 Å². The molecule has 2 N–H and O–H groups in total. The van der Waals surface area contributed by atoms with E-state index >= 15 is 0 Å². The lowest BCUT2D eigenvalue weighted by molar-refractivity contribution is -0.135. The Labute approximate surface area is 97.6 Å². The smallest absolute Gasteiger partial charge is 0.318 e. The minimum Gasteiger partial charge on any atom is -0.480 e. The number of aliphatic carboxylic acids is 1. The third-order valence-corrected chi connectivity index (χ3v) is 2.91. The summed E-state index contributed by atoms with van der Waals surface area (Å²) in [5.74, 6) is -0.853. The van der Waals surface area contributed by atoms with Gasteiger partial charge in [0.15, 0.2) is 0 Å². The second kappa shape index (κ2) is 5.01. The number of carbonyl (C=O) groups is 1. The molecular formula is C12H11NO2S. The van der Waals surface area contributed by atoms with Gasteiger partial charge in [-0.1, -0.05) is 30.3 Å². The lowest BCUT2D eigenvalue weighted by Gasteiger charge is -2.03. The highest BCUT2D eigenvalue weighted by atomic mass is 32.2. The Morgan fingerprint density at radius 2 is 1.94 bits per heavy atom. The van der Waals surface area contributed by atoms with Gasteiger partial charge >= 0.3 is 5.97 Å². The Hall–Kier alpha value is -1.52. The number of nitrogens with one attached hydrogen (secondary N) is 1. The number of carboxylic acid groups (broad SMARTS) is 1. The summed E-state index contributed by atoms with van der Waals surface area (Å²) in [6, 6.07) is 14.1. The zero-order chi connectivity index (χ0) is 11.4. The molecule has 0 aliphatic heterocycles. The van der Waals surface area contributed by atoms with Crippen LogP contribution in [0.1, 0.15) is 0 Å². The molecule has 0 saturated heterocycles. The van der Waals surface area contributed by atoms with Crippen molar-refractivity contribution in [3.63, 3.8) is 0 Å². The van der Waals surface area contributed by atoms with Gasteiger partial charge in [-0.25, -0.2) is 4.72 Å². The van der Waals surface area contributed by atoms with Gasteiger partial charge in [0.05, 0.1) is 0 Å². The molecule has 0 aliphatic rings. The SMILES string of the molecule is O=C(O)CNSc1ccc2ccccc2c1. The van der Waals surface area contributed by atoms with Crippen LogP contribution >= 0.6 is 11.9 Å². The van der Waals surface area contributed by atoms with Gasteiger partial charge in [-0.3, -0.25) is 4.79 Å². The summed E-state index contributed by atoms with van der Waals surface area (Å²) in [5, 5.41) is 10.8. The normalized spacial score (nSPS) is 10.5. The Balaban J connectivity index is 2.10. The fourth-order valence-corrected chi connectivity index (χ4v) is 2.10. The summed E-state index contributed by atoms with van der Waals surface area (Å²) in [5.41, 5.74) is 0. The summed E-state index contributed by atoms with van der Waals surface area (Å²) in [6.07, 6.45) is 0. The molecule has 82 valence electrons. The summed E-state index contributed by atoms with van der Waals surface area (Å²) >= 11 is 1.33. The Bertz CT molecular complexity index is 513. The highest BCUT2D eigenvalue weighted by Gasteiger charge is 1.99. The lowest BCUT2D eigenvalue weighted by atomic mass is 10.1. The lowest BCUT2D eigenvalue weighted by Crippen LogP contribution is -2.15. The van der Waals surface area contributed by atoms with E-state index in [0.717, 1.165) is 10.3 Å². The fraction of sp³-hybridized carbons (Fsp3) is 0.0833. The average Bonchev–Trinajstić information content (AvgIpc) is 2.28. The van der Waals surface area contributed by atoms with E-state index in [0.29, 0.717) is 0 Å². The van der Waals surface area contributed by atoms with Crippen molar-refractivity contribution in [3.8, 4) is 0 Å². The van der Waals surface area contributed by atoms with Crippen molar-refractivity contribution in [2.45, 2.75) is 4.90 Å². The van der Waals surface area contributed by atoms with Gasteiger partial charge in [-0.05, 0) is 34.9 Å². The summed E-state index contributed by atoms with van der Waals surface area (Å²) < 4.78 is 2.78. The molecule has 0 radical (unpaired) electrons. The second-order valence-corrected chi connectivity index (χ2v) is 4.29. The Morgan fingerprint density at radius 3 is 2.69 bits per heavy atom. The highest BCUT2D eigenvalue weighted by Crippen LogP contribution is 2.21. The third kappa shape index (κ3) is 2.74. The van der Waals surface area contributed by atoms with E-state index in [1.165, 1.54) is 17.3 Å². The van der Waals surface area contributed by atoms with E-state index in [1.807, 2.05) is 36.4 Å². The van der Waals surface area contributed by atoms with Gasteiger partial charge in [0.1, 0.15) is 6.54 Å². The van der Waals surface area contributed by atoms with Gasteiger partial charge in [0.2, 0.25) is 0 Å². The van der Waals surface area contributed by atoms with E-state index < -0.39 is 5.97 Å². The second-order valence-electron chi connectivity index (χ2n) is 3.33. The minimum absolute atomic E-state index is 0.0442. The summed E-state index contributed by atoms with van der Waals surface area (Å²) in [7, 11) is 0. The Kier molecular flexibility index (Phi) is 3.44. The molecule has 0 saturated carbocycles. The molecule has 0 aromatic heterocycles. The molecule has 2 aromatic carbocycles. The van der Waals surface area contributed by atoms with Crippen LogP contribution in [-0.2, 0) is 4.79 Å². The molecule has 4 heteroatoms. The molecule has 0 fully saturated rings. The van der Waals surface area contributed by atoms with Gasteiger partial charge in [0, 0.05) is 4.90 Å². The minimum atomic E-state index is -0.853. The number of benzene rings is 2. The number of rotatable bonds is 4. The molecule has 2 rings (SSSR count). The monoisotopic (exact) mass is 233 g/mol. The molecule has 0 heterocycles.